The maximum atomic E-state index is 6.04. The van der Waals surface area contributed by atoms with Crippen LogP contribution in [0.1, 0.15) is 18.9 Å². The van der Waals surface area contributed by atoms with Crippen LogP contribution in [0.15, 0.2) is 5.38 Å². The van der Waals surface area contributed by atoms with Crippen molar-refractivity contribution in [3.8, 4) is 11.3 Å². The molecule has 20 heavy (non-hydrogen) atoms. The van der Waals surface area contributed by atoms with E-state index in [1.165, 1.54) is 11.5 Å². The van der Waals surface area contributed by atoms with Gasteiger partial charge in [0.05, 0.1) is 22.9 Å². The number of aromatic nitrogens is 2. The molecule has 2 heterocycles. The molecule has 0 bridgehead atoms. The number of ether oxygens (including phenoxy) is 1. The first kappa shape index (κ1) is 15.2. The largest absolute Gasteiger partial charge is 0.382 e. The van der Waals surface area contributed by atoms with Crippen molar-refractivity contribution >= 4 is 33.7 Å². The number of nitrogen functional groups attached to an aromatic ring is 1. The SMILES string of the molecule is CCOCCN(CC)c1snc(N)c1-c1csc(C)n1. The predicted molar refractivity (Wildman–Crippen MR) is 86.8 cm³/mol. The molecule has 0 spiro atoms. The summed E-state index contributed by atoms with van der Waals surface area (Å²) in [5, 5.41) is 4.15. The van der Waals surface area contributed by atoms with E-state index < -0.39 is 0 Å². The zero-order valence-corrected chi connectivity index (χ0v) is 13.7. The summed E-state index contributed by atoms with van der Waals surface area (Å²) in [6, 6.07) is 0. The molecule has 2 rings (SSSR count). The van der Waals surface area contributed by atoms with E-state index in [-0.39, 0.29) is 0 Å². The number of thiazole rings is 1. The highest BCUT2D eigenvalue weighted by Gasteiger charge is 2.20. The third kappa shape index (κ3) is 3.28. The van der Waals surface area contributed by atoms with E-state index >= 15 is 0 Å². The standard InChI is InChI=1S/C13H20N4OS2/c1-4-17(6-7-18-5-2)13-11(12(14)16-20-13)10-8-19-9(3)15-10/h8H,4-7H2,1-3H3,(H2,14,16). The lowest BCUT2D eigenvalue weighted by Crippen LogP contribution is -2.26. The molecule has 0 aromatic carbocycles. The summed E-state index contributed by atoms with van der Waals surface area (Å²) in [5.74, 6) is 0.560. The monoisotopic (exact) mass is 312 g/mol. The molecule has 5 nitrogen and oxygen atoms in total. The molecular formula is C13H20N4OS2. The lowest BCUT2D eigenvalue weighted by Gasteiger charge is -2.21. The Morgan fingerprint density at radius 3 is 2.80 bits per heavy atom. The fourth-order valence-corrected chi connectivity index (χ4v) is 3.47. The average Bonchev–Trinajstić information content (AvgIpc) is 3.01. The number of likely N-dealkylation sites (N-methyl/N-ethyl adjacent to an activating group) is 1. The lowest BCUT2D eigenvalue weighted by atomic mass is 10.2. The Morgan fingerprint density at radius 2 is 2.20 bits per heavy atom. The molecule has 0 atom stereocenters. The Labute approximate surface area is 127 Å². The molecule has 110 valence electrons. The summed E-state index contributed by atoms with van der Waals surface area (Å²) < 4.78 is 9.74. The average molecular weight is 312 g/mol. The van der Waals surface area contributed by atoms with Crippen molar-refractivity contribution in [2.75, 3.05) is 36.9 Å². The van der Waals surface area contributed by atoms with Crippen LogP contribution in [-0.4, -0.2) is 35.7 Å². The lowest BCUT2D eigenvalue weighted by molar-refractivity contribution is 0.154. The Kier molecular flexibility index (Phi) is 5.33. The van der Waals surface area contributed by atoms with Crippen LogP contribution in [-0.2, 0) is 4.74 Å². The van der Waals surface area contributed by atoms with Crippen LogP contribution in [0.4, 0.5) is 10.8 Å². The van der Waals surface area contributed by atoms with Gasteiger partial charge in [-0.05, 0) is 32.3 Å². The Balaban J connectivity index is 2.27. The number of rotatable bonds is 7. The van der Waals surface area contributed by atoms with Crippen LogP contribution in [0.5, 0.6) is 0 Å². The first-order valence-electron chi connectivity index (χ1n) is 6.67. The first-order valence-corrected chi connectivity index (χ1v) is 8.33. The van der Waals surface area contributed by atoms with Gasteiger partial charge in [-0.15, -0.1) is 11.3 Å². The van der Waals surface area contributed by atoms with Gasteiger partial charge in [-0.2, -0.15) is 4.37 Å². The van der Waals surface area contributed by atoms with Crippen molar-refractivity contribution in [3.05, 3.63) is 10.4 Å². The van der Waals surface area contributed by atoms with Gasteiger partial charge < -0.3 is 15.4 Å². The van der Waals surface area contributed by atoms with Crippen LogP contribution in [0, 0.1) is 6.92 Å². The molecule has 0 aliphatic heterocycles. The second-order valence-electron chi connectivity index (χ2n) is 4.28. The van der Waals surface area contributed by atoms with E-state index in [0.29, 0.717) is 12.4 Å². The molecule has 0 aliphatic carbocycles. The zero-order valence-electron chi connectivity index (χ0n) is 12.0. The molecule has 0 saturated heterocycles. The normalized spacial score (nSPS) is 10.9. The minimum Gasteiger partial charge on any atom is -0.382 e. The van der Waals surface area contributed by atoms with Crippen LogP contribution in [0.2, 0.25) is 0 Å². The number of aryl methyl sites for hydroxylation is 1. The summed E-state index contributed by atoms with van der Waals surface area (Å²) in [5.41, 5.74) is 7.91. The van der Waals surface area contributed by atoms with Crippen LogP contribution < -0.4 is 10.6 Å². The zero-order chi connectivity index (χ0) is 14.5. The second-order valence-corrected chi connectivity index (χ2v) is 6.09. The maximum absolute atomic E-state index is 6.04. The van der Waals surface area contributed by atoms with Gasteiger partial charge in [-0.25, -0.2) is 4.98 Å². The van der Waals surface area contributed by atoms with Crippen molar-refractivity contribution in [3.63, 3.8) is 0 Å². The number of anilines is 2. The Bertz CT molecular complexity index is 552. The van der Waals surface area contributed by atoms with Gasteiger partial charge in [0.15, 0.2) is 0 Å². The van der Waals surface area contributed by atoms with Gasteiger partial charge in [-0.3, -0.25) is 0 Å². The van der Waals surface area contributed by atoms with Crippen LogP contribution >= 0.6 is 22.9 Å². The number of hydrogen-bond acceptors (Lipinski definition) is 7. The van der Waals surface area contributed by atoms with Gasteiger partial charge in [-0.1, -0.05) is 0 Å². The van der Waals surface area contributed by atoms with Crippen molar-refractivity contribution < 1.29 is 4.74 Å². The Hall–Kier alpha value is -1.18. The highest BCUT2D eigenvalue weighted by atomic mass is 32.1. The minimum absolute atomic E-state index is 0.560. The minimum atomic E-state index is 0.560. The molecule has 0 aliphatic rings. The fourth-order valence-electron chi connectivity index (χ4n) is 1.95. The molecular weight excluding hydrogens is 292 g/mol. The fraction of sp³-hybridized carbons (Fsp3) is 0.538. The molecule has 7 heteroatoms. The van der Waals surface area contributed by atoms with Crippen LogP contribution in [0.3, 0.4) is 0 Å². The molecule has 0 radical (unpaired) electrons. The molecule has 0 unspecified atom stereocenters. The topological polar surface area (TPSA) is 64.3 Å². The van der Waals surface area contributed by atoms with E-state index in [1.54, 1.807) is 11.3 Å². The van der Waals surface area contributed by atoms with Gasteiger partial charge in [0.25, 0.3) is 0 Å². The van der Waals surface area contributed by atoms with E-state index in [0.717, 1.165) is 41.0 Å². The number of hydrogen-bond donors (Lipinski definition) is 1. The third-order valence-corrected chi connectivity index (χ3v) is 4.65. The smallest absolute Gasteiger partial charge is 0.148 e. The van der Waals surface area contributed by atoms with Crippen molar-refractivity contribution in [1.29, 1.82) is 0 Å². The highest BCUT2D eigenvalue weighted by molar-refractivity contribution is 7.11. The van der Waals surface area contributed by atoms with E-state index in [4.69, 9.17) is 10.5 Å². The molecule has 0 fully saturated rings. The molecule has 2 aromatic rings. The summed E-state index contributed by atoms with van der Waals surface area (Å²) in [6.45, 7) is 9.30. The van der Waals surface area contributed by atoms with Crippen molar-refractivity contribution in [1.82, 2.24) is 9.36 Å². The Morgan fingerprint density at radius 1 is 1.40 bits per heavy atom. The number of nitrogens with two attached hydrogens (primary N) is 1. The van der Waals surface area contributed by atoms with Gasteiger partial charge in [0.1, 0.15) is 10.8 Å². The summed E-state index contributed by atoms with van der Waals surface area (Å²) in [7, 11) is 0. The molecule has 0 saturated carbocycles. The molecule has 0 amide bonds. The summed E-state index contributed by atoms with van der Waals surface area (Å²) >= 11 is 3.06. The maximum Gasteiger partial charge on any atom is 0.148 e. The van der Waals surface area contributed by atoms with Gasteiger partial charge >= 0.3 is 0 Å². The van der Waals surface area contributed by atoms with Crippen LogP contribution in [0.25, 0.3) is 11.3 Å². The summed E-state index contributed by atoms with van der Waals surface area (Å²) in [6.07, 6.45) is 0. The van der Waals surface area contributed by atoms with E-state index in [1.807, 2.05) is 19.2 Å². The quantitative estimate of drug-likeness (QED) is 0.796. The van der Waals surface area contributed by atoms with Gasteiger partial charge in [0.2, 0.25) is 0 Å². The van der Waals surface area contributed by atoms with E-state index in [9.17, 15) is 0 Å². The van der Waals surface area contributed by atoms with E-state index in [2.05, 4.69) is 21.2 Å². The van der Waals surface area contributed by atoms with Crippen molar-refractivity contribution in [2.45, 2.75) is 20.8 Å². The predicted octanol–water partition coefficient (Wildman–Crippen LogP) is 3.02. The second kappa shape index (κ2) is 7.01. The van der Waals surface area contributed by atoms with Gasteiger partial charge in [0, 0.05) is 25.1 Å². The highest BCUT2D eigenvalue weighted by Crippen LogP contribution is 2.39. The first-order chi connectivity index (χ1) is 9.67. The molecule has 2 N–H and O–H groups in total. The van der Waals surface area contributed by atoms with Crippen molar-refractivity contribution in [2.24, 2.45) is 0 Å². The molecule has 2 aromatic heterocycles. The number of nitrogens with zero attached hydrogens (tertiary/aromatic N) is 3. The summed E-state index contributed by atoms with van der Waals surface area (Å²) in [4.78, 5) is 6.78. The third-order valence-electron chi connectivity index (χ3n) is 2.95.